The van der Waals surface area contributed by atoms with Crippen LogP contribution in [0.5, 0.6) is 0 Å². The summed E-state index contributed by atoms with van der Waals surface area (Å²) in [7, 11) is 1.66. The molecule has 1 saturated heterocycles. The molecule has 1 aliphatic heterocycles. The van der Waals surface area contributed by atoms with E-state index in [4.69, 9.17) is 9.47 Å². The Morgan fingerprint density at radius 3 is 3.05 bits per heavy atom. The van der Waals surface area contributed by atoms with Gasteiger partial charge in [-0.15, -0.1) is 0 Å². The van der Waals surface area contributed by atoms with Crippen molar-refractivity contribution in [1.82, 2.24) is 15.3 Å². The Bertz CT molecular complexity index is 443. The summed E-state index contributed by atoms with van der Waals surface area (Å²) in [6.45, 7) is 4.77. The van der Waals surface area contributed by atoms with Crippen molar-refractivity contribution in [3.63, 3.8) is 0 Å². The van der Waals surface area contributed by atoms with E-state index in [0.717, 1.165) is 25.3 Å². The summed E-state index contributed by atoms with van der Waals surface area (Å²) in [5.74, 6) is 0.624. The Morgan fingerprint density at radius 1 is 1.53 bits per heavy atom. The molecule has 0 spiro atoms. The van der Waals surface area contributed by atoms with Crippen molar-refractivity contribution in [2.75, 3.05) is 51.5 Å². The molecule has 1 fully saturated rings. The van der Waals surface area contributed by atoms with Gasteiger partial charge in [0.2, 0.25) is 5.95 Å². The Hall–Kier alpha value is -1.44. The third-order valence-corrected chi connectivity index (χ3v) is 2.88. The summed E-state index contributed by atoms with van der Waals surface area (Å²) in [6, 6.07) is 1.52. The zero-order valence-electron chi connectivity index (χ0n) is 11.1. The van der Waals surface area contributed by atoms with Gasteiger partial charge in [0.15, 0.2) is 0 Å². The van der Waals surface area contributed by atoms with Crippen LogP contribution in [-0.4, -0.2) is 56.5 Å². The Labute approximate surface area is 111 Å². The Balaban J connectivity index is 1.99. The SMILES string of the molecule is COCCNCc1cc(=O)[nH]c(N2CCOCC2)n1. The van der Waals surface area contributed by atoms with E-state index < -0.39 is 0 Å². The van der Waals surface area contributed by atoms with Crippen molar-refractivity contribution in [1.29, 1.82) is 0 Å². The number of anilines is 1. The zero-order valence-corrected chi connectivity index (χ0v) is 11.1. The molecule has 0 unspecified atom stereocenters. The van der Waals surface area contributed by atoms with E-state index >= 15 is 0 Å². The maximum atomic E-state index is 11.6. The van der Waals surface area contributed by atoms with Crippen LogP contribution in [0.4, 0.5) is 5.95 Å². The Morgan fingerprint density at radius 2 is 2.32 bits per heavy atom. The number of ether oxygens (including phenoxy) is 2. The van der Waals surface area contributed by atoms with Gasteiger partial charge >= 0.3 is 0 Å². The monoisotopic (exact) mass is 268 g/mol. The van der Waals surface area contributed by atoms with E-state index in [-0.39, 0.29) is 5.56 Å². The van der Waals surface area contributed by atoms with Crippen molar-refractivity contribution in [2.45, 2.75) is 6.54 Å². The van der Waals surface area contributed by atoms with Crippen molar-refractivity contribution in [3.8, 4) is 0 Å². The van der Waals surface area contributed by atoms with E-state index in [9.17, 15) is 4.79 Å². The molecule has 1 aromatic heterocycles. The predicted octanol–water partition coefficient (Wildman–Crippen LogP) is -0.657. The predicted molar refractivity (Wildman–Crippen MR) is 71.5 cm³/mol. The molecule has 2 rings (SSSR count). The summed E-state index contributed by atoms with van der Waals surface area (Å²) in [5, 5.41) is 3.18. The fourth-order valence-corrected chi connectivity index (χ4v) is 1.90. The third kappa shape index (κ3) is 4.30. The van der Waals surface area contributed by atoms with Crippen LogP contribution in [0.25, 0.3) is 0 Å². The molecule has 19 heavy (non-hydrogen) atoms. The molecule has 1 aliphatic rings. The molecule has 0 aliphatic carbocycles. The number of H-pyrrole nitrogens is 1. The molecule has 0 atom stereocenters. The van der Waals surface area contributed by atoms with Gasteiger partial charge in [0, 0.05) is 39.4 Å². The molecular weight excluding hydrogens is 248 g/mol. The summed E-state index contributed by atoms with van der Waals surface area (Å²) >= 11 is 0. The molecule has 7 heteroatoms. The van der Waals surface area contributed by atoms with Crippen molar-refractivity contribution >= 4 is 5.95 Å². The van der Waals surface area contributed by atoms with Gasteiger partial charge in [-0.1, -0.05) is 0 Å². The Kier molecular flexibility index (Phi) is 5.31. The quantitative estimate of drug-likeness (QED) is 0.667. The van der Waals surface area contributed by atoms with E-state index in [1.807, 2.05) is 4.90 Å². The van der Waals surface area contributed by atoms with E-state index in [0.29, 0.717) is 32.3 Å². The van der Waals surface area contributed by atoms with Crippen LogP contribution in [0, 0.1) is 0 Å². The van der Waals surface area contributed by atoms with E-state index in [1.54, 1.807) is 7.11 Å². The number of hydrogen-bond acceptors (Lipinski definition) is 6. The maximum Gasteiger partial charge on any atom is 0.252 e. The second kappa shape index (κ2) is 7.22. The smallest absolute Gasteiger partial charge is 0.252 e. The molecular formula is C12H20N4O3. The van der Waals surface area contributed by atoms with E-state index in [1.165, 1.54) is 6.07 Å². The van der Waals surface area contributed by atoms with Crippen LogP contribution in [0.2, 0.25) is 0 Å². The molecule has 7 nitrogen and oxygen atoms in total. The first-order valence-corrected chi connectivity index (χ1v) is 6.42. The van der Waals surface area contributed by atoms with Crippen LogP contribution < -0.4 is 15.8 Å². The standard InChI is InChI=1S/C12H20N4O3/c1-18-5-2-13-9-10-8-11(17)15-12(14-10)16-3-6-19-7-4-16/h8,13H,2-7,9H2,1H3,(H,14,15,17). The summed E-state index contributed by atoms with van der Waals surface area (Å²) in [4.78, 5) is 20.9. The van der Waals surface area contributed by atoms with Gasteiger partial charge in [0.05, 0.1) is 25.5 Å². The number of aromatic nitrogens is 2. The average Bonchev–Trinajstić information content (AvgIpc) is 2.44. The number of hydrogen-bond donors (Lipinski definition) is 2. The number of methoxy groups -OCH3 is 1. The van der Waals surface area contributed by atoms with E-state index in [2.05, 4.69) is 15.3 Å². The highest BCUT2D eigenvalue weighted by atomic mass is 16.5. The molecule has 2 N–H and O–H groups in total. The van der Waals surface area contributed by atoms with Crippen LogP contribution in [0.15, 0.2) is 10.9 Å². The van der Waals surface area contributed by atoms with Gasteiger partial charge in [-0.25, -0.2) is 4.98 Å². The summed E-state index contributed by atoms with van der Waals surface area (Å²) in [5.41, 5.74) is 0.612. The molecule has 0 aromatic carbocycles. The fourth-order valence-electron chi connectivity index (χ4n) is 1.90. The number of aromatic amines is 1. The molecule has 0 radical (unpaired) electrons. The number of nitrogens with one attached hydrogen (secondary N) is 2. The first kappa shape index (κ1) is 14.0. The second-order valence-electron chi connectivity index (χ2n) is 4.33. The lowest BCUT2D eigenvalue weighted by atomic mass is 10.4. The van der Waals surface area contributed by atoms with Crippen LogP contribution in [0.3, 0.4) is 0 Å². The molecule has 1 aromatic rings. The summed E-state index contributed by atoms with van der Waals surface area (Å²) in [6.07, 6.45) is 0. The van der Waals surface area contributed by atoms with Gasteiger partial charge in [-0.05, 0) is 0 Å². The van der Waals surface area contributed by atoms with Gasteiger partial charge < -0.3 is 19.7 Å². The minimum Gasteiger partial charge on any atom is -0.383 e. The normalized spacial score (nSPS) is 15.7. The average molecular weight is 268 g/mol. The lowest BCUT2D eigenvalue weighted by Crippen LogP contribution is -2.38. The largest absolute Gasteiger partial charge is 0.383 e. The highest BCUT2D eigenvalue weighted by molar-refractivity contribution is 5.30. The molecule has 2 heterocycles. The third-order valence-electron chi connectivity index (χ3n) is 2.88. The molecule has 0 amide bonds. The molecule has 0 saturated carbocycles. The lowest BCUT2D eigenvalue weighted by Gasteiger charge is -2.27. The van der Waals surface area contributed by atoms with Gasteiger partial charge in [0.1, 0.15) is 0 Å². The van der Waals surface area contributed by atoms with Crippen LogP contribution in [0.1, 0.15) is 5.69 Å². The first-order chi connectivity index (χ1) is 9.29. The minimum absolute atomic E-state index is 0.125. The first-order valence-electron chi connectivity index (χ1n) is 6.42. The summed E-state index contributed by atoms with van der Waals surface area (Å²) < 4.78 is 10.2. The number of morpholine rings is 1. The van der Waals surface area contributed by atoms with Crippen LogP contribution >= 0.6 is 0 Å². The van der Waals surface area contributed by atoms with Crippen molar-refractivity contribution < 1.29 is 9.47 Å². The van der Waals surface area contributed by atoms with Crippen molar-refractivity contribution in [2.24, 2.45) is 0 Å². The van der Waals surface area contributed by atoms with Crippen molar-refractivity contribution in [3.05, 3.63) is 22.1 Å². The van der Waals surface area contributed by atoms with Gasteiger partial charge in [-0.2, -0.15) is 0 Å². The fraction of sp³-hybridized carbons (Fsp3) is 0.667. The zero-order chi connectivity index (χ0) is 13.5. The van der Waals surface area contributed by atoms with Gasteiger partial charge in [-0.3, -0.25) is 9.78 Å². The second-order valence-corrected chi connectivity index (χ2v) is 4.33. The number of rotatable bonds is 6. The van der Waals surface area contributed by atoms with Crippen LogP contribution in [-0.2, 0) is 16.0 Å². The number of nitrogens with zero attached hydrogens (tertiary/aromatic N) is 2. The highest BCUT2D eigenvalue weighted by Crippen LogP contribution is 2.07. The topological polar surface area (TPSA) is 79.5 Å². The highest BCUT2D eigenvalue weighted by Gasteiger charge is 2.14. The molecule has 0 bridgehead atoms. The lowest BCUT2D eigenvalue weighted by molar-refractivity contribution is 0.122. The maximum absolute atomic E-state index is 11.6. The van der Waals surface area contributed by atoms with Gasteiger partial charge in [0.25, 0.3) is 5.56 Å². The molecule has 106 valence electrons. The minimum atomic E-state index is -0.125.